The molecule has 8 nitrogen and oxygen atoms in total. The zero-order valence-corrected chi connectivity index (χ0v) is 13.6. The maximum atomic E-state index is 11.9. The van der Waals surface area contributed by atoms with E-state index in [4.69, 9.17) is 4.74 Å². The van der Waals surface area contributed by atoms with Crippen LogP contribution >= 0.6 is 0 Å². The lowest BCUT2D eigenvalue weighted by Gasteiger charge is -2.22. The molecule has 0 radical (unpaired) electrons. The van der Waals surface area contributed by atoms with Gasteiger partial charge in [-0.3, -0.25) is 9.59 Å². The van der Waals surface area contributed by atoms with Crippen molar-refractivity contribution in [2.24, 2.45) is 0 Å². The highest BCUT2D eigenvalue weighted by Crippen LogP contribution is 2.10. The number of amides is 4. The predicted octanol–water partition coefficient (Wildman–Crippen LogP) is 0.463. The molecule has 1 fully saturated rings. The van der Waals surface area contributed by atoms with Crippen LogP contribution in [0.1, 0.15) is 23.2 Å². The first kappa shape index (κ1) is 17.7. The van der Waals surface area contributed by atoms with Crippen LogP contribution in [0, 0.1) is 0 Å². The van der Waals surface area contributed by atoms with E-state index in [0.29, 0.717) is 37.4 Å². The molecule has 24 heavy (non-hydrogen) atoms. The molecule has 0 aromatic heterocycles. The standard InChI is InChI=1S/C16H22N4O4/c1-24-10-9-18-14(21)11-4-6-12(7-5-11)19-16(23)20-13-3-2-8-17-15(13)22/h4-7,13H,2-3,8-10H2,1H3,(H,17,22)(H,18,21)(H2,19,20,23)/t13-/m1/s1. The van der Waals surface area contributed by atoms with Gasteiger partial charge in [-0.25, -0.2) is 4.79 Å². The summed E-state index contributed by atoms with van der Waals surface area (Å²) >= 11 is 0. The lowest BCUT2D eigenvalue weighted by Crippen LogP contribution is -2.51. The fourth-order valence-corrected chi connectivity index (χ4v) is 2.31. The van der Waals surface area contributed by atoms with E-state index in [1.807, 2.05) is 0 Å². The molecule has 0 saturated carbocycles. The number of piperidine rings is 1. The lowest BCUT2D eigenvalue weighted by atomic mass is 10.1. The molecule has 8 heteroatoms. The number of ether oxygens (including phenoxy) is 1. The van der Waals surface area contributed by atoms with Crippen LogP contribution in [-0.4, -0.2) is 50.7 Å². The molecule has 4 amide bonds. The minimum Gasteiger partial charge on any atom is -0.383 e. The highest BCUT2D eigenvalue weighted by Gasteiger charge is 2.23. The van der Waals surface area contributed by atoms with Gasteiger partial charge in [-0.15, -0.1) is 0 Å². The average molecular weight is 334 g/mol. The summed E-state index contributed by atoms with van der Waals surface area (Å²) in [5.41, 5.74) is 1.03. The van der Waals surface area contributed by atoms with Crippen LogP contribution < -0.4 is 21.3 Å². The van der Waals surface area contributed by atoms with Gasteiger partial charge in [-0.2, -0.15) is 0 Å². The second-order valence-corrected chi connectivity index (χ2v) is 5.41. The van der Waals surface area contributed by atoms with E-state index in [2.05, 4.69) is 21.3 Å². The summed E-state index contributed by atoms with van der Waals surface area (Å²) in [7, 11) is 1.56. The quantitative estimate of drug-likeness (QED) is 0.567. The molecule has 0 bridgehead atoms. The molecule has 1 saturated heterocycles. The van der Waals surface area contributed by atoms with E-state index >= 15 is 0 Å². The molecule has 1 heterocycles. The summed E-state index contributed by atoms with van der Waals surface area (Å²) in [6.07, 6.45) is 1.46. The Morgan fingerprint density at radius 1 is 1.29 bits per heavy atom. The minimum atomic E-state index is -0.510. The third kappa shape index (κ3) is 5.24. The number of rotatable bonds is 6. The topological polar surface area (TPSA) is 109 Å². The molecular formula is C16H22N4O4. The summed E-state index contributed by atoms with van der Waals surface area (Å²) in [5, 5.41) is 10.7. The average Bonchev–Trinajstić information content (AvgIpc) is 2.58. The Labute approximate surface area is 140 Å². The first-order valence-corrected chi connectivity index (χ1v) is 7.82. The van der Waals surface area contributed by atoms with Gasteiger partial charge in [-0.05, 0) is 37.1 Å². The summed E-state index contributed by atoms with van der Waals surface area (Å²) < 4.78 is 4.86. The Kier molecular flexibility index (Phi) is 6.56. The Morgan fingerprint density at radius 2 is 2.04 bits per heavy atom. The summed E-state index contributed by atoms with van der Waals surface area (Å²) in [5.74, 6) is -0.374. The number of methoxy groups -OCH3 is 1. The summed E-state index contributed by atoms with van der Waals surface area (Å²) in [6, 6.07) is 5.53. The van der Waals surface area contributed by atoms with Crippen molar-refractivity contribution in [2.45, 2.75) is 18.9 Å². The van der Waals surface area contributed by atoms with Gasteiger partial charge in [0.15, 0.2) is 0 Å². The van der Waals surface area contributed by atoms with E-state index in [1.54, 1.807) is 31.4 Å². The molecule has 0 spiro atoms. The van der Waals surface area contributed by atoms with Crippen molar-refractivity contribution >= 4 is 23.5 Å². The molecule has 1 aliphatic rings. The summed E-state index contributed by atoms with van der Waals surface area (Å²) in [4.78, 5) is 35.4. The first-order chi connectivity index (χ1) is 11.6. The second kappa shape index (κ2) is 8.88. The van der Waals surface area contributed by atoms with Gasteiger partial charge in [0.05, 0.1) is 6.61 Å². The number of carbonyl (C=O) groups is 3. The van der Waals surface area contributed by atoms with E-state index in [0.717, 1.165) is 6.42 Å². The predicted molar refractivity (Wildman–Crippen MR) is 88.8 cm³/mol. The molecule has 1 aromatic rings. The van der Waals surface area contributed by atoms with Gasteiger partial charge in [-0.1, -0.05) is 0 Å². The number of carbonyl (C=O) groups excluding carboxylic acids is 3. The smallest absolute Gasteiger partial charge is 0.319 e. The molecule has 4 N–H and O–H groups in total. The van der Waals surface area contributed by atoms with Crippen molar-refractivity contribution in [3.63, 3.8) is 0 Å². The second-order valence-electron chi connectivity index (χ2n) is 5.41. The van der Waals surface area contributed by atoms with E-state index in [1.165, 1.54) is 0 Å². The van der Waals surface area contributed by atoms with Crippen molar-refractivity contribution < 1.29 is 19.1 Å². The maximum absolute atomic E-state index is 11.9. The van der Waals surface area contributed by atoms with Gasteiger partial charge in [0.1, 0.15) is 6.04 Å². The first-order valence-electron chi connectivity index (χ1n) is 7.82. The highest BCUT2D eigenvalue weighted by atomic mass is 16.5. The van der Waals surface area contributed by atoms with Crippen LogP contribution in [0.5, 0.6) is 0 Å². The van der Waals surface area contributed by atoms with Gasteiger partial charge < -0.3 is 26.0 Å². The van der Waals surface area contributed by atoms with Crippen LogP contribution in [0.15, 0.2) is 24.3 Å². The van der Waals surface area contributed by atoms with Crippen molar-refractivity contribution in [1.82, 2.24) is 16.0 Å². The Hall–Kier alpha value is -2.61. The van der Waals surface area contributed by atoms with Gasteiger partial charge in [0, 0.05) is 31.5 Å². The third-order valence-electron chi connectivity index (χ3n) is 3.59. The number of benzene rings is 1. The molecule has 1 atom stereocenters. The molecule has 1 aromatic carbocycles. The number of hydrogen-bond donors (Lipinski definition) is 4. The molecule has 0 aliphatic carbocycles. The van der Waals surface area contributed by atoms with Gasteiger partial charge in [0.2, 0.25) is 5.91 Å². The Balaban J connectivity index is 1.83. The molecular weight excluding hydrogens is 312 g/mol. The van der Waals surface area contributed by atoms with Crippen LogP contribution in [0.2, 0.25) is 0 Å². The Morgan fingerprint density at radius 3 is 2.71 bits per heavy atom. The maximum Gasteiger partial charge on any atom is 0.319 e. The van der Waals surface area contributed by atoms with E-state index in [9.17, 15) is 14.4 Å². The number of anilines is 1. The molecule has 0 unspecified atom stereocenters. The highest BCUT2D eigenvalue weighted by molar-refractivity contribution is 5.96. The van der Waals surface area contributed by atoms with Gasteiger partial charge in [0.25, 0.3) is 5.91 Å². The fraction of sp³-hybridized carbons (Fsp3) is 0.438. The molecule has 130 valence electrons. The van der Waals surface area contributed by atoms with Crippen LogP contribution in [0.25, 0.3) is 0 Å². The van der Waals surface area contributed by atoms with Crippen molar-refractivity contribution in [3.05, 3.63) is 29.8 Å². The number of hydrogen-bond acceptors (Lipinski definition) is 4. The van der Waals surface area contributed by atoms with Crippen molar-refractivity contribution in [2.75, 3.05) is 32.1 Å². The summed E-state index contributed by atoms with van der Waals surface area (Å²) in [6.45, 7) is 1.52. The van der Waals surface area contributed by atoms with Crippen LogP contribution in [-0.2, 0) is 9.53 Å². The van der Waals surface area contributed by atoms with Gasteiger partial charge >= 0.3 is 6.03 Å². The van der Waals surface area contributed by atoms with Crippen molar-refractivity contribution in [3.8, 4) is 0 Å². The number of nitrogens with one attached hydrogen (secondary N) is 4. The van der Waals surface area contributed by atoms with Crippen molar-refractivity contribution in [1.29, 1.82) is 0 Å². The number of urea groups is 1. The van der Waals surface area contributed by atoms with E-state index < -0.39 is 12.1 Å². The minimum absolute atomic E-state index is 0.167. The van der Waals surface area contributed by atoms with Crippen LogP contribution in [0.3, 0.4) is 0 Å². The normalized spacial score (nSPS) is 16.9. The zero-order valence-electron chi connectivity index (χ0n) is 13.6. The Bertz CT molecular complexity index is 588. The third-order valence-corrected chi connectivity index (χ3v) is 3.59. The SMILES string of the molecule is COCCNC(=O)c1ccc(NC(=O)N[C@@H]2CCCNC2=O)cc1. The van der Waals surface area contributed by atoms with Crippen LogP contribution in [0.4, 0.5) is 10.5 Å². The largest absolute Gasteiger partial charge is 0.383 e. The van der Waals surface area contributed by atoms with E-state index in [-0.39, 0.29) is 11.8 Å². The lowest BCUT2D eigenvalue weighted by molar-refractivity contribution is -0.124. The molecule has 2 rings (SSSR count). The fourth-order valence-electron chi connectivity index (χ4n) is 2.31. The zero-order chi connectivity index (χ0) is 17.4. The monoisotopic (exact) mass is 334 g/mol. The molecule has 1 aliphatic heterocycles.